The molecule has 0 bridgehead atoms. The Morgan fingerprint density at radius 2 is 2.16 bits per heavy atom. The average Bonchev–Trinajstić information content (AvgIpc) is 2.42. The summed E-state index contributed by atoms with van der Waals surface area (Å²) in [6, 6.07) is 7.22. The van der Waals surface area contributed by atoms with Gasteiger partial charge in [0.25, 0.3) is 5.56 Å². The maximum Gasteiger partial charge on any atom is 0.261 e. The minimum absolute atomic E-state index is 0.001000. The van der Waals surface area contributed by atoms with Gasteiger partial charge < -0.3 is 5.32 Å². The Hall–Kier alpha value is -2.17. The molecule has 1 amide bonds. The van der Waals surface area contributed by atoms with E-state index in [2.05, 4.69) is 10.3 Å². The van der Waals surface area contributed by atoms with Gasteiger partial charge in [-0.25, -0.2) is 4.98 Å². The molecule has 1 aromatic heterocycles. The van der Waals surface area contributed by atoms with Crippen molar-refractivity contribution in [2.45, 2.75) is 32.9 Å². The summed E-state index contributed by atoms with van der Waals surface area (Å²) in [4.78, 5) is 28.1. The minimum atomic E-state index is -0.190. The maximum absolute atomic E-state index is 12.2. The number of nitrogens with zero attached hydrogens (tertiary/aromatic N) is 2. The van der Waals surface area contributed by atoms with Crippen LogP contribution < -0.4 is 10.9 Å². The van der Waals surface area contributed by atoms with E-state index in [-0.39, 0.29) is 24.1 Å². The monoisotopic (exact) mass is 259 g/mol. The number of carbonyl (C=O) groups is 1. The third kappa shape index (κ3) is 2.99. The fourth-order valence-electron chi connectivity index (χ4n) is 1.80. The Bertz CT molecular complexity index is 648. The van der Waals surface area contributed by atoms with Crippen molar-refractivity contribution >= 4 is 16.8 Å². The lowest BCUT2D eigenvalue weighted by molar-refractivity contribution is -0.122. The molecule has 0 saturated carbocycles. The molecular weight excluding hydrogens is 242 g/mol. The van der Waals surface area contributed by atoms with Crippen molar-refractivity contribution < 1.29 is 4.79 Å². The number of rotatable bonds is 4. The van der Waals surface area contributed by atoms with E-state index in [0.717, 1.165) is 6.42 Å². The topological polar surface area (TPSA) is 64.0 Å². The SMILES string of the molecule is CCC(C)NC(=O)Cn1cnc2ccccc2c1=O. The second kappa shape index (κ2) is 5.65. The largest absolute Gasteiger partial charge is 0.352 e. The summed E-state index contributed by atoms with van der Waals surface area (Å²) in [6.07, 6.45) is 2.28. The van der Waals surface area contributed by atoms with Crippen molar-refractivity contribution in [1.29, 1.82) is 0 Å². The van der Waals surface area contributed by atoms with Gasteiger partial charge in [-0.3, -0.25) is 14.2 Å². The van der Waals surface area contributed by atoms with Crippen LogP contribution in [0.4, 0.5) is 0 Å². The smallest absolute Gasteiger partial charge is 0.261 e. The highest BCUT2D eigenvalue weighted by Gasteiger charge is 2.09. The number of hydrogen-bond donors (Lipinski definition) is 1. The first-order chi connectivity index (χ1) is 9.11. The average molecular weight is 259 g/mol. The molecule has 0 aliphatic heterocycles. The second-order valence-electron chi connectivity index (χ2n) is 4.57. The molecule has 0 aliphatic rings. The Kier molecular flexibility index (Phi) is 3.94. The molecule has 0 saturated heterocycles. The lowest BCUT2D eigenvalue weighted by Crippen LogP contribution is -2.37. The first kappa shape index (κ1) is 13.3. The van der Waals surface area contributed by atoms with E-state index in [9.17, 15) is 9.59 Å². The van der Waals surface area contributed by atoms with E-state index in [0.29, 0.717) is 10.9 Å². The van der Waals surface area contributed by atoms with Crippen LogP contribution in [0.2, 0.25) is 0 Å². The zero-order chi connectivity index (χ0) is 13.8. The summed E-state index contributed by atoms with van der Waals surface area (Å²) >= 11 is 0. The quantitative estimate of drug-likeness (QED) is 0.900. The number of para-hydroxylation sites is 1. The van der Waals surface area contributed by atoms with Crippen molar-refractivity contribution in [1.82, 2.24) is 14.9 Å². The second-order valence-corrected chi connectivity index (χ2v) is 4.57. The van der Waals surface area contributed by atoms with Gasteiger partial charge in [0.15, 0.2) is 0 Å². The van der Waals surface area contributed by atoms with Gasteiger partial charge in [0.1, 0.15) is 6.54 Å². The molecule has 1 heterocycles. The van der Waals surface area contributed by atoms with Crippen LogP contribution >= 0.6 is 0 Å². The third-order valence-electron chi connectivity index (χ3n) is 3.07. The number of fused-ring (bicyclic) bond motifs is 1. The lowest BCUT2D eigenvalue weighted by Gasteiger charge is -2.12. The summed E-state index contributed by atoms with van der Waals surface area (Å²) in [7, 11) is 0. The molecule has 5 nitrogen and oxygen atoms in total. The lowest BCUT2D eigenvalue weighted by atomic mass is 10.2. The molecule has 1 atom stereocenters. The highest BCUT2D eigenvalue weighted by molar-refractivity contribution is 5.78. The molecule has 0 spiro atoms. The van der Waals surface area contributed by atoms with Crippen LogP contribution in [0.15, 0.2) is 35.4 Å². The standard InChI is InChI=1S/C14H17N3O2/c1-3-10(2)16-13(18)8-17-9-15-12-7-5-4-6-11(12)14(17)19/h4-7,9-10H,3,8H2,1-2H3,(H,16,18). The third-order valence-corrected chi connectivity index (χ3v) is 3.07. The molecule has 1 unspecified atom stereocenters. The normalized spacial score (nSPS) is 12.3. The summed E-state index contributed by atoms with van der Waals surface area (Å²) in [5, 5.41) is 3.36. The number of amides is 1. The number of aromatic nitrogens is 2. The number of carbonyl (C=O) groups excluding carboxylic acids is 1. The Labute approximate surface area is 111 Å². The molecule has 2 rings (SSSR count). The summed E-state index contributed by atoms with van der Waals surface area (Å²) < 4.78 is 1.33. The van der Waals surface area contributed by atoms with Crippen LogP contribution in [0.3, 0.4) is 0 Å². The van der Waals surface area contributed by atoms with Crippen LogP contribution in [0, 0.1) is 0 Å². The van der Waals surface area contributed by atoms with Gasteiger partial charge in [0.2, 0.25) is 5.91 Å². The summed E-state index contributed by atoms with van der Waals surface area (Å²) in [5.74, 6) is -0.173. The van der Waals surface area contributed by atoms with Gasteiger partial charge in [0, 0.05) is 6.04 Å². The zero-order valence-corrected chi connectivity index (χ0v) is 11.1. The van der Waals surface area contributed by atoms with Crippen LogP contribution in [-0.4, -0.2) is 21.5 Å². The number of benzene rings is 1. The van der Waals surface area contributed by atoms with E-state index in [1.807, 2.05) is 19.9 Å². The first-order valence-corrected chi connectivity index (χ1v) is 6.35. The molecule has 100 valence electrons. The van der Waals surface area contributed by atoms with Gasteiger partial charge in [-0.1, -0.05) is 19.1 Å². The summed E-state index contributed by atoms with van der Waals surface area (Å²) in [6.45, 7) is 3.93. The molecule has 0 aliphatic carbocycles. The Balaban J connectivity index is 2.24. The highest BCUT2D eigenvalue weighted by Crippen LogP contribution is 2.04. The van der Waals surface area contributed by atoms with E-state index in [4.69, 9.17) is 0 Å². The molecule has 19 heavy (non-hydrogen) atoms. The van der Waals surface area contributed by atoms with Gasteiger partial charge in [-0.2, -0.15) is 0 Å². The predicted molar refractivity (Wildman–Crippen MR) is 73.9 cm³/mol. The van der Waals surface area contributed by atoms with Crippen LogP contribution in [0.5, 0.6) is 0 Å². The van der Waals surface area contributed by atoms with Crippen molar-refractivity contribution in [3.63, 3.8) is 0 Å². The van der Waals surface area contributed by atoms with E-state index >= 15 is 0 Å². The molecule has 2 aromatic rings. The molecule has 1 aromatic carbocycles. The minimum Gasteiger partial charge on any atom is -0.352 e. The van der Waals surface area contributed by atoms with Crippen molar-refractivity contribution in [2.75, 3.05) is 0 Å². The molecule has 0 fully saturated rings. The van der Waals surface area contributed by atoms with Gasteiger partial charge in [0.05, 0.1) is 17.2 Å². The van der Waals surface area contributed by atoms with Crippen molar-refractivity contribution in [3.05, 3.63) is 40.9 Å². The van der Waals surface area contributed by atoms with Crippen LogP contribution in [-0.2, 0) is 11.3 Å². The first-order valence-electron chi connectivity index (χ1n) is 6.35. The van der Waals surface area contributed by atoms with Gasteiger partial charge in [-0.05, 0) is 25.5 Å². The van der Waals surface area contributed by atoms with Crippen molar-refractivity contribution in [2.24, 2.45) is 0 Å². The Morgan fingerprint density at radius 3 is 2.89 bits per heavy atom. The number of nitrogens with one attached hydrogen (secondary N) is 1. The Morgan fingerprint density at radius 1 is 1.42 bits per heavy atom. The molecule has 5 heteroatoms. The van der Waals surface area contributed by atoms with E-state index in [1.54, 1.807) is 18.2 Å². The van der Waals surface area contributed by atoms with E-state index in [1.165, 1.54) is 10.9 Å². The fourth-order valence-corrected chi connectivity index (χ4v) is 1.80. The molecule has 1 N–H and O–H groups in total. The zero-order valence-electron chi connectivity index (χ0n) is 11.1. The highest BCUT2D eigenvalue weighted by atomic mass is 16.2. The van der Waals surface area contributed by atoms with E-state index < -0.39 is 0 Å². The predicted octanol–water partition coefficient (Wildman–Crippen LogP) is 1.31. The van der Waals surface area contributed by atoms with Crippen LogP contribution in [0.1, 0.15) is 20.3 Å². The van der Waals surface area contributed by atoms with Crippen molar-refractivity contribution in [3.8, 4) is 0 Å². The fraction of sp³-hybridized carbons (Fsp3) is 0.357. The number of hydrogen-bond acceptors (Lipinski definition) is 3. The maximum atomic E-state index is 12.2. The molecular formula is C14H17N3O2. The van der Waals surface area contributed by atoms with Gasteiger partial charge in [-0.15, -0.1) is 0 Å². The van der Waals surface area contributed by atoms with Gasteiger partial charge >= 0.3 is 0 Å². The van der Waals surface area contributed by atoms with Crippen LogP contribution in [0.25, 0.3) is 10.9 Å². The summed E-state index contributed by atoms with van der Waals surface area (Å²) in [5.41, 5.74) is 0.455. The molecule has 0 radical (unpaired) electrons.